The van der Waals surface area contributed by atoms with Crippen molar-refractivity contribution in [1.29, 1.82) is 0 Å². The van der Waals surface area contributed by atoms with Crippen LogP contribution in [-0.4, -0.2) is 27.0 Å². The van der Waals surface area contributed by atoms with Gasteiger partial charge in [-0.25, -0.2) is 0 Å². The smallest absolute Gasteiger partial charge is 0.322 e. The number of hydrogen-bond acceptors (Lipinski definition) is 7. The van der Waals surface area contributed by atoms with E-state index in [2.05, 4.69) is 20.7 Å². The summed E-state index contributed by atoms with van der Waals surface area (Å²) in [6.45, 7) is 0. The molecule has 0 aliphatic rings. The lowest BCUT2D eigenvalue weighted by atomic mass is 10.4. The minimum Gasteiger partial charge on any atom is -0.400 e. The zero-order valence-corrected chi connectivity index (χ0v) is 12.6. The van der Waals surface area contributed by atoms with Gasteiger partial charge in [0.15, 0.2) is 0 Å². The molecule has 0 aliphatic carbocycles. The first-order valence-corrected chi connectivity index (χ1v) is 7.50. The van der Waals surface area contributed by atoms with E-state index in [-0.39, 0.29) is 23.6 Å². The van der Waals surface area contributed by atoms with Crippen LogP contribution in [0.2, 0.25) is 5.02 Å². The Hall–Kier alpha value is -2.32. The van der Waals surface area contributed by atoms with Gasteiger partial charge in [-0.1, -0.05) is 21.9 Å². The van der Waals surface area contributed by atoms with Crippen molar-refractivity contribution in [3.05, 3.63) is 41.6 Å². The Bertz CT molecular complexity index is 758. The van der Waals surface area contributed by atoms with E-state index in [0.29, 0.717) is 10.8 Å². The van der Waals surface area contributed by atoms with Gasteiger partial charge in [0.05, 0.1) is 11.9 Å². The Kier molecular flexibility index (Phi) is 4.40. The molecule has 1 N–H and O–H groups in total. The van der Waals surface area contributed by atoms with Crippen molar-refractivity contribution in [3.63, 3.8) is 0 Å². The van der Waals surface area contributed by atoms with Crippen LogP contribution in [0.3, 0.4) is 0 Å². The van der Waals surface area contributed by atoms with Gasteiger partial charge in [0.25, 0.3) is 5.89 Å². The number of aromatic nitrogens is 3. The number of hydrogen-bond donors (Lipinski definition) is 1. The Labute approximate surface area is 134 Å². The fraction of sp³-hybridized carbons (Fsp3) is 0.0769. The largest absolute Gasteiger partial charge is 0.400 e. The zero-order chi connectivity index (χ0) is 15.4. The fourth-order valence-corrected chi connectivity index (χ4v) is 2.36. The fourth-order valence-electron chi connectivity index (χ4n) is 1.53. The first kappa shape index (κ1) is 14.6. The van der Waals surface area contributed by atoms with Gasteiger partial charge < -0.3 is 8.94 Å². The third-order valence-electron chi connectivity index (χ3n) is 2.50. The Morgan fingerprint density at radius 3 is 2.77 bits per heavy atom. The van der Waals surface area contributed by atoms with E-state index in [1.807, 2.05) is 12.1 Å². The molecule has 112 valence electrons. The van der Waals surface area contributed by atoms with Gasteiger partial charge in [-0.05, 0) is 24.3 Å². The molecule has 3 rings (SSSR count). The highest BCUT2D eigenvalue weighted by atomic mass is 35.5. The summed E-state index contributed by atoms with van der Waals surface area (Å²) in [5.74, 6) is 0.441. The number of carbonyl (C=O) groups is 1. The number of halogens is 1. The summed E-state index contributed by atoms with van der Waals surface area (Å²) in [6, 6.07) is 8.81. The second-order valence-electron chi connectivity index (χ2n) is 4.08. The molecule has 1 amide bonds. The monoisotopic (exact) mass is 336 g/mol. The molecule has 0 aliphatic heterocycles. The topological polar surface area (TPSA) is 94.1 Å². The molecule has 0 fully saturated rings. The number of nitrogens with zero attached hydrogens (tertiary/aromatic N) is 3. The van der Waals surface area contributed by atoms with E-state index in [1.165, 1.54) is 18.0 Å². The SMILES string of the molecule is O=C(CSc1ccc(Cl)cc1)Nc1nnc(-c2ccno2)o1. The molecule has 0 unspecified atom stereocenters. The van der Waals surface area contributed by atoms with Gasteiger partial charge >= 0.3 is 6.01 Å². The van der Waals surface area contributed by atoms with Crippen molar-refractivity contribution in [2.75, 3.05) is 11.1 Å². The second-order valence-corrected chi connectivity index (χ2v) is 5.57. The first-order chi connectivity index (χ1) is 10.7. The van der Waals surface area contributed by atoms with Crippen LogP contribution in [0.15, 0.2) is 50.4 Å². The molecule has 0 saturated carbocycles. The van der Waals surface area contributed by atoms with Crippen molar-refractivity contribution in [3.8, 4) is 11.7 Å². The zero-order valence-electron chi connectivity index (χ0n) is 11.0. The third kappa shape index (κ3) is 3.66. The van der Waals surface area contributed by atoms with Crippen LogP contribution >= 0.6 is 23.4 Å². The molecule has 2 aromatic heterocycles. The minimum atomic E-state index is -0.257. The van der Waals surface area contributed by atoms with Crippen molar-refractivity contribution in [1.82, 2.24) is 15.4 Å². The lowest BCUT2D eigenvalue weighted by Gasteiger charge is -2.01. The van der Waals surface area contributed by atoms with Crippen LogP contribution in [0.25, 0.3) is 11.7 Å². The van der Waals surface area contributed by atoms with E-state index < -0.39 is 0 Å². The number of carbonyl (C=O) groups excluding carboxylic acids is 1. The molecule has 3 aromatic rings. The molecule has 0 bridgehead atoms. The Morgan fingerprint density at radius 2 is 2.05 bits per heavy atom. The number of thioether (sulfide) groups is 1. The van der Waals surface area contributed by atoms with Crippen LogP contribution in [0.5, 0.6) is 0 Å². The normalized spacial score (nSPS) is 10.6. The van der Waals surface area contributed by atoms with E-state index in [9.17, 15) is 4.79 Å². The van der Waals surface area contributed by atoms with Crippen LogP contribution in [0, 0.1) is 0 Å². The highest BCUT2D eigenvalue weighted by Gasteiger charge is 2.13. The third-order valence-corrected chi connectivity index (χ3v) is 3.77. The van der Waals surface area contributed by atoms with Crippen LogP contribution in [0.1, 0.15) is 0 Å². The molecule has 2 heterocycles. The predicted octanol–water partition coefficient (Wildman–Crippen LogP) is 3.11. The lowest BCUT2D eigenvalue weighted by molar-refractivity contribution is -0.113. The van der Waals surface area contributed by atoms with Crippen molar-refractivity contribution < 1.29 is 13.7 Å². The number of anilines is 1. The molecule has 0 radical (unpaired) electrons. The highest BCUT2D eigenvalue weighted by Crippen LogP contribution is 2.21. The van der Waals surface area contributed by atoms with Gasteiger partial charge in [0.2, 0.25) is 11.7 Å². The van der Waals surface area contributed by atoms with Gasteiger partial charge in [0.1, 0.15) is 0 Å². The van der Waals surface area contributed by atoms with Gasteiger partial charge in [-0.15, -0.1) is 16.9 Å². The molecule has 1 aromatic carbocycles. The van der Waals surface area contributed by atoms with E-state index in [1.54, 1.807) is 18.2 Å². The van der Waals surface area contributed by atoms with Gasteiger partial charge in [0, 0.05) is 16.0 Å². The molecule has 9 heteroatoms. The summed E-state index contributed by atoms with van der Waals surface area (Å²) in [6.07, 6.45) is 1.46. The maximum Gasteiger partial charge on any atom is 0.322 e. The standard InChI is InChI=1S/C13H9ClN4O3S/c14-8-1-3-9(4-2-8)22-7-11(19)16-13-18-17-12(20-13)10-5-6-15-21-10/h1-6H,7H2,(H,16,18,19). The highest BCUT2D eigenvalue weighted by molar-refractivity contribution is 8.00. The maximum absolute atomic E-state index is 11.8. The molecule has 22 heavy (non-hydrogen) atoms. The minimum absolute atomic E-state index is 0.00751. The molecule has 0 spiro atoms. The summed E-state index contributed by atoms with van der Waals surface area (Å²) >= 11 is 7.17. The second kappa shape index (κ2) is 6.63. The summed E-state index contributed by atoms with van der Waals surface area (Å²) in [7, 11) is 0. The molecule has 7 nitrogen and oxygen atoms in total. The summed E-state index contributed by atoms with van der Waals surface area (Å²) in [5.41, 5.74) is 0. The number of benzene rings is 1. The van der Waals surface area contributed by atoms with Crippen molar-refractivity contribution in [2.24, 2.45) is 0 Å². The summed E-state index contributed by atoms with van der Waals surface area (Å²) < 4.78 is 10.1. The van der Waals surface area contributed by atoms with Crippen molar-refractivity contribution >= 4 is 35.3 Å². The molecule has 0 saturated heterocycles. The summed E-state index contributed by atoms with van der Waals surface area (Å²) in [5, 5.41) is 14.2. The predicted molar refractivity (Wildman–Crippen MR) is 80.6 cm³/mol. The first-order valence-electron chi connectivity index (χ1n) is 6.13. The number of rotatable bonds is 5. The number of nitrogens with one attached hydrogen (secondary N) is 1. The van der Waals surface area contributed by atoms with E-state index in [0.717, 1.165) is 4.90 Å². The maximum atomic E-state index is 11.8. The lowest BCUT2D eigenvalue weighted by Crippen LogP contribution is -2.14. The average Bonchev–Trinajstić information content (AvgIpc) is 3.17. The Morgan fingerprint density at radius 1 is 1.23 bits per heavy atom. The molecular formula is C13H9ClN4O3S. The summed E-state index contributed by atoms with van der Waals surface area (Å²) in [4.78, 5) is 12.8. The van der Waals surface area contributed by atoms with Crippen LogP contribution in [0.4, 0.5) is 6.01 Å². The van der Waals surface area contributed by atoms with Crippen LogP contribution in [-0.2, 0) is 4.79 Å². The molecular weight excluding hydrogens is 328 g/mol. The number of amides is 1. The average molecular weight is 337 g/mol. The van der Waals surface area contributed by atoms with Crippen molar-refractivity contribution in [2.45, 2.75) is 4.90 Å². The van der Waals surface area contributed by atoms with Gasteiger partial charge in [-0.2, -0.15) is 0 Å². The van der Waals surface area contributed by atoms with E-state index >= 15 is 0 Å². The Balaban J connectivity index is 1.54. The molecule has 0 atom stereocenters. The van der Waals surface area contributed by atoms with Gasteiger partial charge in [-0.3, -0.25) is 10.1 Å². The quantitative estimate of drug-likeness (QED) is 0.715. The van der Waals surface area contributed by atoms with Crippen LogP contribution < -0.4 is 5.32 Å². The van der Waals surface area contributed by atoms with E-state index in [4.69, 9.17) is 20.5 Å².